The molecule has 0 fully saturated rings. The first-order valence-electron chi connectivity index (χ1n) is 6.75. The van der Waals surface area contributed by atoms with Gasteiger partial charge < -0.3 is 15.5 Å². The Bertz CT molecular complexity index is 470. The van der Waals surface area contributed by atoms with Crippen LogP contribution in [-0.2, 0) is 4.79 Å². The Morgan fingerprint density at radius 1 is 1.15 bits per heavy atom. The van der Waals surface area contributed by atoms with Crippen molar-refractivity contribution in [2.45, 2.75) is 13.8 Å². The second-order valence-corrected chi connectivity index (χ2v) is 5.15. The molecule has 20 heavy (non-hydrogen) atoms. The standard InChI is InChI=1S/C15H23N3O2/c1-11(2)14(19)16-8-9-17-15(20)12-6-5-7-13(10-12)18(3)4/h5-7,10-11H,8-9H2,1-4H3,(H,16,19)(H,17,20). The molecule has 0 atom stereocenters. The van der Waals surface area contributed by atoms with Crippen molar-refractivity contribution < 1.29 is 9.59 Å². The third-order valence-corrected chi connectivity index (χ3v) is 2.86. The van der Waals surface area contributed by atoms with Gasteiger partial charge in [0.15, 0.2) is 0 Å². The molecule has 0 heterocycles. The van der Waals surface area contributed by atoms with E-state index in [1.54, 1.807) is 6.07 Å². The van der Waals surface area contributed by atoms with Gasteiger partial charge in [-0.3, -0.25) is 9.59 Å². The maximum Gasteiger partial charge on any atom is 0.251 e. The summed E-state index contributed by atoms with van der Waals surface area (Å²) >= 11 is 0. The Balaban J connectivity index is 2.43. The van der Waals surface area contributed by atoms with Crippen LogP contribution in [0.2, 0.25) is 0 Å². The highest BCUT2D eigenvalue weighted by Crippen LogP contribution is 2.13. The smallest absolute Gasteiger partial charge is 0.251 e. The summed E-state index contributed by atoms with van der Waals surface area (Å²) in [6, 6.07) is 7.40. The van der Waals surface area contributed by atoms with Crippen LogP contribution in [0.15, 0.2) is 24.3 Å². The highest BCUT2D eigenvalue weighted by molar-refractivity contribution is 5.95. The van der Waals surface area contributed by atoms with Gasteiger partial charge in [0, 0.05) is 44.4 Å². The first-order valence-corrected chi connectivity index (χ1v) is 6.75. The van der Waals surface area contributed by atoms with Gasteiger partial charge in [-0.1, -0.05) is 19.9 Å². The minimum Gasteiger partial charge on any atom is -0.378 e. The zero-order chi connectivity index (χ0) is 15.1. The fourth-order valence-corrected chi connectivity index (χ4v) is 1.59. The van der Waals surface area contributed by atoms with E-state index in [0.717, 1.165) is 5.69 Å². The van der Waals surface area contributed by atoms with Crippen LogP contribution >= 0.6 is 0 Å². The van der Waals surface area contributed by atoms with Gasteiger partial charge in [0.1, 0.15) is 0 Å². The minimum absolute atomic E-state index is 0.00569. The van der Waals surface area contributed by atoms with Crippen LogP contribution < -0.4 is 15.5 Å². The van der Waals surface area contributed by atoms with E-state index in [1.165, 1.54) is 0 Å². The summed E-state index contributed by atoms with van der Waals surface area (Å²) < 4.78 is 0. The van der Waals surface area contributed by atoms with E-state index in [0.29, 0.717) is 18.7 Å². The van der Waals surface area contributed by atoms with Crippen LogP contribution in [0.1, 0.15) is 24.2 Å². The normalized spacial score (nSPS) is 10.2. The van der Waals surface area contributed by atoms with Gasteiger partial charge in [-0.2, -0.15) is 0 Å². The highest BCUT2D eigenvalue weighted by atomic mass is 16.2. The molecule has 0 aliphatic carbocycles. The molecule has 2 amide bonds. The predicted molar refractivity (Wildman–Crippen MR) is 80.9 cm³/mol. The molecular formula is C15H23N3O2. The zero-order valence-electron chi connectivity index (χ0n) is 12.6. The lowest BCUT2D eigenvalue weighted by atomic mass is 10.2. The number of amides is 2. The van der Waals surface area contributed by atoms with Crippen LogP contribution in [0, 0.1) is 5.92 Å². The number of anilines is 1. The van der Waals surface area contributed by atoms with Gasteiger partial charge in [0.25, 0.3) is 5.91 Å². The van der Waals surface area contributed by atoms with Crippen molar-refractivity contribution in [1.29, 1.82) is 0 Å². The topological polar surface area (TPSA) is 61.4 Å². The van der Waals surface area contributed by atoms with Crippen molar-refractivity contribution >= 4 is 17.5 Å². The number of nitrogens with one attached hydrogen (secondary N) is 2. The predicted octanol–water partition coefficient (Wildman–Crippen LogP) is 1.25. The van der Waals surface area contributed by atoms with E-state index in [-0.39, 0.29) is 17.7 Å². The summed E-state index contributed by atoms with van der Waals surface area (Å²) in [5, 5.41) is 5.54. The van der Waals surface area contributed by atoms with E-state index in [9.17, 15) is 9.59 Å². The first-order chi connectivity index (χ1) is 9.41. The Morgan fingerprint density at radius 2 is 1.80 bits per heavy atom. The largest absolute Gasteiger partial charge is 0.378 e. The van der Waals surface area contributed by atoms with Gasteiger partial charge in [-0.25, -0.2) is 0 Å². The van der Waals surface area contributed by atoms with Crippen molar-refractivity contribution in [3.63, 3.8) is 0 Å². The maximum absolute atomic E-state index is 12.0. The molecule has 0 unspecified atom stereocenters. The SMILES string of the molecule is CC(C)C(=O)NCCNC(=O)c1cccc(N(C)C)c1. The number of rotatable bonds is 6. The quantitative estimate of drug-likeness (QED) is 0.769. The molecule has 0 saturated carbocycles. The number of hydrogen-bond acceptors (Lipinski definition) is 3. The molecule has 1 aromatic rings. The summed E-state index contributed by atoms with van der Waals surface area (Å²) in [4.78, 5) is 25.2. The van der Waals surface area contributed by atoms with Crippen molar-refractivity contribution in [2.75, 3.05) is 32.1 Å². The van der Waals surface area contributed by atoms with Crippen LogP contribution in [-0.4, -0.2) is 39.0 Å². The monoisotopic (exact) mass is 277 g/mol. The van der Waals surface area contributed by atoms with Gasteiger partial charge in [-0.15, -0.1) is 0 Å². The number of carbonyl (C=O) groups is 2. The number of carbonyl (C=O) groups excluding carboxylic acids is 2. The molecule has 0 radical (unpaired) electrons. The van der Waals surface area contributed by atoms with E-state index in [1.807, 2.05) is 51.0 Å². The Hall–Kier alpha value is -2.04. The molecule has 0 spiro atoms. The summed E-state index contributed by atoms with van der Waals surface area (Å²) in [5.74, 6) is -0.177. The number of nitrogens with zero attached hydrogens (tertiary/aromatic N) is 1. The van der Waals surface area contributed by atoms with Crippen molar-refractivity contribution in [1.82, 2.24) is 10.6 Å². The van der Waals surface area contributed by atoms with Crippen molar-refractivity contribution in [3.8, 4) is 0 Å². The minimum atomic E-state index is -0.132. The van der Waals surface area contributed by atoms with Crippen LogP contribution in [0.25, 0.3) is 0 Å². The van der Waals surface area contributed by atoms with Crippen LogP contribution in [0.4, 0.5) is 5.69 Å². The summed E-state index contributed by atoms with van der Waals surface area (Å²) in [6.07, 6.45) is 0. The molecule has 0 aliphatic rings. The van der Waals surface area contributed by atoms with Crippen molar-refractivity contribution in [2.24, 2.45) is 5.92 Å². The third kappa shape index (κ3) is 4.91. The Kier molecular flexibility index (Phi) is 6.03. The van der Waals surface area contributed by atoms with Crippen molar-refractivity contribution in [3.05, 3.63) is 29.8 Å². The molecule has 0 aliphatic heterocycles. The lowest BCUT2D eigenvalue weighted by molar-refractivity contribution is -0.123. The number of benzene rings is 1. The van der Waals surface area contributed by atoms with Gasteiger partial charge in [0.05, 0.1) is 0 Å². The second kappa shape index (κ2) is 7.53. The summed E-state index contributed by atoms with van der Waals surface area (Å²) in [6.45, 7) is 4.53. The fraction of sp³-hybridized carbons (Fsp3) is 0.467. The molecule has 5 nitrogen and oxygen atoms in total. The average molecular weight is 277 g/mol. The Morgan fingerprint density at radius 3 is 2.40 bits per heavy atom. The highest BCUT2D eigenvalue weighted by Gasteiger charge is 2.08. The van der Waals surface area contributed by atoms with Gasteiger partial charge in [0.2, 0.25) is 5.91 Å². The molecule has 110 valence electrons. The first kappa shape index (κ1) is 16.0. The molecular weight excluding hydrogens is 254 g/mol. The summed E-state index contributed by atoms with van der Waals surface area (Å²) in [5.41, 5.74) is 1.59. The van der Waals surface area contributed by atoms with Gasteiger partial charge >= 0.3 is 0 Å². The van der Waals surface area contributed by atoms with E-state index < -0.39 is 0 Å². The fourth-order valence-electron chi connectivity index (χ4n) is 1.59. The molecule has 2 N–H and O–H groups in total. The molecule has 0 bridgehead atoms. The lowest BCUT2D eigenvalue weighted by Gasteiger charge is -2.13. The molecule has 0 saturated heterocycles. The second-order valence-electron chi connectivity index (χ2n) is 5.15. The van der Waals surface area contributed by atoms with Gasteiger partial charge in [-0.05, 0) is 18.2 Å². The number of hydrogen-bond donors (Lipinski definition) is 2. The lowest BCUT2D eigenvalue weighted by Crippen LogP contribution is -2.36. The van der Waals surface area contributed by atoms with E-state index in [4.69, 9.17) is 0 Å². The zero-order valence-corrected chi connectivity index (χ0v) is 12.6. The van der Waals surface area contributed by atoms with E-state index >= 15 is 0 Å². The van der Waals surface area contributed by atoms with E-state index in [2.05, 4.69) is 10.6 Å². The van der Waals surface area contributed by atoms with Crippen LogP contribution in [0.3, 0.4) is 0 Å². The maximum atomic E-state index is 12.0. The molecule has 5 heteroatoms. The molecule has 1 rings (SSSR count). The van der Waals surface area contributed by atoms with Crippen LogP contribution in [0.5, 0.6) is 0 Å². The molecule has 1 aromatic carbocycles. The molecule has 0 aromatic heterocycles. The average Bonchev–Trinajstić information content (AvgIpc) is 2.43. The third-order valence-electron chi connectivity index (χ3n) is 2.86. The summed E-state index contributed by atoms with van der Waals surface area (Å²) in [7, 11) is 3.86. The Labute approximate surface area is 120 Å².